The molecule has 0 bridgehead atoms. The van der Waals surface area contributed by atoms with Gasteiger partial charge in [-0.2, -0.15) is 0 Å². The van der Waals surface area contributed by atoms with Crippen molar-refractivity contribution in [3.05, 3.63) is 330 Å². The summed E-state index contributed by atoms with van der Waals surface area (Å²) in [5.41, 5.74) is 30.0. The van der Waals surface area contributed by atoms with Crippen molar-refractivity contribution < 1.29 is 0 Å². The molecule has 484 valence electrons. The normalized spacial score (nSPS) is 17.2. The van der Waals surface area contributed by atoms with Gasteiger partial charge in [0.15, 0.2) is 0 Å². The molecule has 3 nitrogen and oxygen atoms in total. The molecule has 0 saturated heterocycles. The zero-order chi connectivity index (χ0) is 67.5. The first-order chi connectivity index (χ1) is 47.2. The summed E-state index contributed by atoms with van der Waals surface area (Å²) >= 11 is 0. The maximum Gasteiger partial charge on any atom is 0.252 e. The predicted molar refractivity (Wildman–Crippen MR) is 419 cm³/mol. The maximum atomic E-state index is 2.87. The molecule has 98 heavy (non-hydrogen) atoms. The Labute approximate surface area is 583 Å². The van der Waals surface area contributed by atoms with E-state index in [4.69, 9.17) is 0 Å². The average Bonchev–Trinajstić information content (AvgIpc) is 1.26. The van der Waals surface area contributed by atoms with Gasteiger partial charge in [0.25, 0.3) is 6.71 Å². The van der Waals surface area contributed by atoms with Crippen molar-refractivity contribution in [1.82, 2.24) is 0 Å². The smallest absolute Gasteiger partial charge is 0.252 e. The van der Waals surface area contributed by atoms with Crippen LogP contribution in [-0.4, -0.2) is 12.3 Å². The van der Waals surface area contributed by atoms with Crippen molar-refractivity contribution in [2.24, 2.45) is 0 Å². The minimum atomic E-state index is -0.497. The molecule has 0 amide bonds. The van der Waals surface area contributed by atoms with Gasteiger partial charge in [0.05, 0.1) is 16.9 Å². The van der Waals surface area contributed by atoms with E-state index in [-0.39, 0.29) is 33.9 Å². The van der Waals surface area contributed by atoms with Gasteiger partial charge in [0.2, 0.25) is 0 Å². The number of hydrogen-bond acceptors (Lipinski definition) is 3. The summed E-state index contributed by atoms with van der Waals surface area (Å²) in [7, 11) is 0. The lowest BCUT2D eigenvalue weighted by Gasteiger charge is -2.51. The van der Waals surface area contributed by atoms with Gasteiger partial charge < -0.3 is 14.7 Å². The van der Waals surface area contributed by atoms with Gasteiger partial charge in [-0.05, 0) is 180 Å². The van der Waals surface area contributed by atoms with Crippen LogP contribution >= 0.6 is 0 Å². The van der Waals surface area contributed by atoms with Crippen molar-refractivity contribution in [3.8, 4) is 33.4 Å². The van der Waals surface area contributed by atoms with Gasteiger partial charge in [-0.25, -0.2) is 0 Å². The summed E-state index contributed by atoms with van der Waals surface area (Å²) in [6.07, 6.45) is 5.25. The van der Waals surface area contributed by atoms with Gasteiger partial charge in [-0.15, -0.1) is 0 Å². The Balaban J connectivity index is 1.04. The first-order valence-electron chi connectivity index (χ1n) is 35.9. The van der Waals surface area contributed by atoms with E-state index < -0.39 is 5.41 Å². The molecule has 4 aliphatic rings. The number of hydrogen-bond donors (Lipinski definition) is 0. The molecule has 1 aliphatic carbocycles. The summed E-state index contributed by atoms with van der Waals surface area (Å²) in [6.45, 7) is 26.4. The summed E-state index contributed by atoms with van der Waals surface area (Å²) < 4.78 is 0. The minimum Gasteiger partial charge on any atom is -0.334 e. The topological polar surface area (TPSA) is 9.72 Å². The first-order valence-corrected chi connectivity index (χ1v) is 35.9. The third-order valence-corrected chi connectivity index (χ3v) is 23.1. The molecule has 1 fully saturated rings. The van der Waals surface area contributed by atoms with Crippen LogP contribution in [-0.2, 0) is 33.5 Å². The van der Waals surface area contributed by atoms with Crippen molar-refractivity contribution >= 4 is 68.6 Å². The van der Waals surface area contributed by atoms with Gasteiger partial charge in [0.1, 0.15) is 0 Å². The molecule has 2 atom stereocenters. The first kappa shape index (κ1) is 62.9. The Hall–Kier alpha value is -9.90. The Morgan fingerprint density at radius 3 is 1.27 bits per heavy atom. The lowest BCUT2D eigenvalue weighted by molar-refractivity contribution is 0.195. The number of nitrogens with zero attached hydrogens (tertiary/aromatic N) is 3. The van der Waals surface area contributed by atoms with E-state index in [2.05, 4.69) is 376 Å². The second-order valence-electron chi connectivity index (χ2n) is 32.0. The van der Waals surface area contributed by atoms with E-state index in [1.807, 2.05) is 0 Å². The fourth-order valence-electron chi connectivity index (χ4n) is 17.6. The zero-order valence-corrected chi connectivity index (χ0v) is 59.1. The van der Waals surface area contributed by atoms with Crippen LogP contribution < -0.4 is 31.1 Å². The van der Waals surface area contributed by atoms with Gasteiger partial charge in [-0.3, -0.25) is 0 Å². The second kappa shape index (κ2) is 23.7. The maximum absolute atomic E-state index is 2.87. The highest BCUT2D eigenvalue weighted by atomic mass is 15.3. The lowest BCUT2D eigenvalue weighted by atomic mass is 9.33. The highest BCUT2D eigenvalue weighted by Gasteiger charge is 2.59. The molecule has 16 rings (SSSR count). The van der Waals surface area contributed by atoms with Crippen LogP contribution in [0.4, 0.5) is 45.5 Å². The molecule has 12 aromatic rings. The number of rotatable bonds is 11. The summed E-state index contributed by atoms with van der Waals surface area (Å²) in [5.74, 6) is 0. The minimum absolute atomic E-state index is 0.0955. The Morgan fingerprint density at radius 1 is 0.337 bits per heavy atom. The molecule has 2 unspecified atom stereocenters. The van der Waals surface area contributed by atoms with Gasteiger partial charge >= 0.3 is 0 Å². The molecule has 0 N–H and O–H groups in total. The van der Waals surface area contributed by atoms with Crippen LogP contribution in [0.5, 0.6) is 0 Å². The van der Waals surface area contributed by atoms with Crippen LogP contribution in [0.15, 0.2) is 285 Å². The predicted octanol–water partition coefficient (Wildman–Crippen LogP) is 23.0. The third kappa shape index (κ3) is 10.3. The third-order valence-electron chi connectivity index (χ3n) is 23.1. The van der Waals surface area contributed by atoms with Crippen LogP contribution in [0.1, 0.15) is 146 Å². The molecule has 1 saturated carbocycles. The zero-order valence-electron chi connectivity index (χ0n) is 59.1. The second-order valence-corrected chi connectivity index (χ2v) is 32.0. The summed E-state index contributed by atoms with van der Waals surface area (Å²) in [4.78, 5) is 8.31. The van der Waals surface area contributed by atoms with Crippen LogP contribution in [0.2, 0.25) is 0 Å². The Morgan fingerprint density at radius 2 is 0.755 bits per heavy atom. The Kier molecular flexibility index (Phi) is 15.2. The van der Waals surface area contributed by atoms with Crippen LogP contribution in [0.3, 0.4) is 0 Å². The summed E-state index contributed by atoms with van der Waals surface area (Å²) in [6, 6.07) is 110. The molecular weight excluding hydrogens is 1180 g/mol. The SMILES string of the molecule is CC(C)(C)c1ccc(N2c3cc(-c4ccccc4)ccc3B3c4ccc(C(C)(C)C)cc4N(c4ccc(C(C)(C)C)cc4-c4ccccc4)c4cc(N5c6ccc(C(Cc7ccccc7)(c7ccccc7)c7ccccc7)cc6C6(C)CCCCC56C)cc2c43)c(-c2ccccc2)c1. The van der Waals surface area contributed by atoms with Gasteiger partial charge in [0, 0.05) is 56.1 Å². The summed E-state index contributed by atoms with van der Waals surface area (Å²) in [5, 5.41) is 0. The van der Waals surface area contributed by atoms with Crippen molar-refractivity contribution in [1.29, 1.82) is 0 Å². The molecule has 0 aromatic heterocycles. The molecule has 0 radical (unpaired) electrons. The largest absolute Gasteiger partial charge is 0.334 e. The van der Waals surface area contributed by atoms with E-state index in [9.17, 15) is 0 Å². The standard InChI is InChI=1S/C94H90BN3/c1-89(2,3)71-46-51-81(76(57-71)66-36-22-14-23-37-66)96-84-56-68(65-34-20-13-21-35-65)44-49-79(84)95-80-50-45-73(91(7,8)9)60-85(80)97(82-52-47-72(90(4,5)6)58-77(82)67-38-24-15-25-39-67)87-62-75(61-86(96)88(87)95)98-83-53-48-74(59-78(83)92(10)54-30-31-55-93(92,98)11)94(69-40-26-16-27-41-69,70-42-28-17-29-43-70)63-64-32-18-12-19-33-64/h12-29,32-53,56-62H,30-31,54-55,63H2,1-11H3. The Bertz CT molecular complexity index is 4940. The number of anilines is 8. The fraction of sp³-hybridized carbons (Fsp3) is 0.234. The molecule has 0 spiro atoms. The quantitative estimate of drug-likeness (QED) is 0.0944. The van der Waals surface area contributed by atoms with Crippen molar-refractivity contribution in [2.75, 3.05) is 14.7 Å². The molecule has 3 aliphatic heterocycles. The van der Waals surface area contributed by atoms with E-state index >= 15 is 0 Å². The van der Waals surface area contributed by atoms with Gasteiger partial charge in [-0.1, -0.05) is 313 Å². The van der Waals surface area contributed by atoms with E-state index in [1.54, 1.807) is 0 Å². The average molecular weight is 1270 g/mol. The number of benzene rings is 12. The monoisotopic (exact) mass is 1270 g/mol. The fourth-order valence-corrected chi connectivity index (χ4v) is 17.6. The molecule has 3 heterocycles. The highest BCUT2D eigenvalue weighted by Crippen LogP contribution is 2.63. The molecular formula is C94H90BN3. The highest BCUT2D eigenvalue weighted by molar-refractivity contribution is 7.00. The van der Waals surface area contributed by atoms with Crippen LogP contribution in [0.25, 0.3) is 33.4 Å². The van der Waals surface area contributed by atoms with E-state index in [0.717, 1.165) is 31.4 Å². The van der Waals surface area contributed by atoms with Crippen molar-refractivity contribution in [2.45, 2.75) is 141 Å². The van der Waals surface area contributed by atoms with Crippen molar-refractivity contribution in [3.63, 3.8) is 0 Å². The molecule has 4 heteroatoms. The number of fused-ring (bicyclic) bond motifs is 7. The lowest BCUT2D eigenvalue weighted by Crippen LogP contribution is -2.61. The molecule has 12 aromatic carbocycles. The van der Waals surface area contributed by atoms with E-state index in [1.165, 1.54) is 141 Å². The van der Waals surface area contributed by atoms with Crippen LogP contribution in [0, 0.1) is 0 Å². The van der Waals surface area contributed by atoms with E-state index in [0.29, 0.717) is 0 Å².